The van der Waals surface area contributed by atoms with E-state index in [-0.39, 0.29) is 0 Å². The van der Waals surface area contributed by atoms with Gasteiger partial charge in [0.2, 0.25) is 5.16 Å². The Bertz CT molecular complexity index is 667. The van der Waals surface area contributed by atoms with Gasteiger partial charge in [-0.3, -0.25) is 0 Å². The van der Waals surface area contributed by atoms with Gasteiger partial charge in [0.05, 0.1) is 5.54 Å². The highest BCUT2D eigenvalue weighted by Gasteiger charge is 2.54. The summed E-state index contributed by atoms with van der Waals surface area (Å²) in [5.41, 5.74) is 0.335. The van der Waals surface area contributed by atoms with E-state index in [1.807, 2.05) is 0 Å². The van der Waals surface area contributed by atoms with E-state index in [0.717, 1.165) is 40.7 Å². The van der Waals surface area contributed by atoms with Crippen molar-refractivity contribution in [3.05, 3.63) is 6.33 Å². The zero-order valence-corrected chi connectivity index (χ0v) is 16.6. The Morgan fingerprint density at radius 2 is 1.19 bits per heavy atom. The molecular weight excluding hydrogens is 338 g/mol. The predicted octanol–water partition coefficient (Wildman–Crippen LogP) is 5.26. The van der Waals surface area contributed by atoms with E-state index in [4.69, 9.17) is 10.1 Å². The molecule has 1 heterocycles. The van der Waals surface area contributed by atoms with Crippen LogP contribution in [0.3, 0.4) is 0 Å². The molecule has 0 aliphatic heterocycles. The molecule has 0 N–H and O–H groups in total. The first kappa shape index (κ1) is 15.4. The number of aromatic nitrogens is 3. The molecule has 140 valence electrons. The third-order valence-corrected chi connectivity index (χ3v) is 10.6. The van der Waals surface area contributed by atoms with E-state index in [1.54, 1.807) is 0 Å². The molecule has 1 aromatic rings. The molecule has 8 fully saturated rings. The third-order valence-electron chi connectivity index (χ3n) is 9.25. The normalized spacial score (nSPS) is 53.5. The Morgan fingerprint density at radius 1 is 0.731 bits per heavy atom. The Kier molecular flexibility index (Phi) is 3.02. The van der Waals surface area contributed by atoms with Gasteiger partial charge in [0, 0.05) is 4.75 Å². The Labute approximate surface area is 161 Å². The van der Waals surface area contributed by atoms with Gasteiger partial charge in [-0.05, 0) is 113 Å². The lowest BCUT2D eigenvalue weighted by Crippen LogP contribution is -2.52. The van der Waals surface area contributed by atoms with Crippen LogP contribution in [0.25, 0.3) is 0 Å². The molecule has 4 heteroatoms. The fraction of sp³-hybridized carbons (Fsp3) is 0.909. The molecule has 0 radical (unpaired) electrons. The van der Waals surface area contributed by atoms with Crippen molar-refractivity contribution < 1.29 is 0 Å². The van der Waals surface area contributed by atoms with Gasteiger partial charge in [-0.2, -0.15) is 0 Å². The molecule has 8 saturated carbocycles. The molecule has 8 aliphatic carbocycles. The molecule has 0 spiro atoms. The van der Waals surface area contributed by atoms with Crippen LogP contribution in [0, 0.1) is 35.5 Å². The summed E-state index contributed by atoms with van der Waals surface area (Å²) < 4.78 is 2.85. The number of thioether (sulfide) groups is 1. The summed E-state index contributed by atoms with van der Waals surface area (Å²) in [5.74, 6) is 5.97. The zero-order valence-electron chi connectivity index (χ0n) is 15.8. The fourth-order valence-electron chi connectivity index (χ4n) is 9.22. The summed E-state index contributed by atoms with van der Waals surface area (Å²) in [6.07, 6.45) is 19.7. The van der Waals surface area contributed by atoms with Gasteiger partial charge in [-0.15, -0.1) is 5.10 Å². The van der Waals surface area contributed by atoms with Gasteiger partial charge in [0.25, 0.3) is 0 Å². The maximum Gasteiger partial charge on any atom is 0.208 e. The number of hydrogen-bond donors (Lipinski definition) is 0. The van der Waals surface area contributed by atoms with Gasteiger partial charge in [-0.25, -0.2) is 9.67 Å². The summed E-state index contributed by atoms with van der Waals surface area (Å²) >= 11 is 2.08. The largest absolute Gasteiger partial charge is 0.246 e. The minimum absolute atomic E-state index is 0.335. The van der Waals surface area contributed by atoms with Crippen molar-refractivity contribution in [2.24, 2.45) is 35.5 Å². The maximum absolute atomic E-state index is 5.14. The van der Waals surface area contributed by atoms with Crippen LogP contribution >= 0.6 is 11.8 Å². The number of rotatable bonds is 3. The Morgan fingerprint density at radius 3 is 1.69 bits per heavy atom. The summed E-state index contributed by atoms with van der Waals surface area (Å²) in [4.78, 5) is 4.86. The minimum atomic E-state index is 0.335. The van der Waals surface area contributed by atoms with E-state index in [1.165, 1.54) is 77.0 Å². The molecule has 26 heavy (non-hydrogen) atoms. The highest BCUT2D eigenvalue weighted by Crippen LogP contribution is 2.62. The smallest absolute Gasteiger partial charge is 0.208 e. The van der Waals surface area contributed by atoms with E-state index < -0.39 is 0 Å². The van der Waals surface area contributed by atoms with Gasteiger partial charge in [-0.1, -0.05) is 11.8 Å². The molecule has 8 bridgehead atoms. The van der Waals surface area contributed by atoms with Crippen molar-refractivity contribution in [2.75, 3.05) is 0 Å². The van der Waals surface area contributed by atoms with Crippen LogP contribution in [0.5, 0.6) is 0 Å². The first-order chi connectivity index (χ1) is 12.7. The molecule has 8 aliphatic rings. The second-order valence-corrected chi connectivity index (χ2v) is 12.8. The highest BCUT2D eigenvalue weighted by atomic mass is 32.2. The monoisotopic (exact) mass is 369 g/mol. The van der Waals surface area contributed by atoms with Crippen LogP contribution in [0.1, 0.15) is 77.0 Å². The van der Waals surface area contributed by atoms with Crippen LogP contribution in [-0.2, 0) is 5.54 Å². The molecule has 0 amide bonds. The lowest BCUT2D eigenvalue weighted by molar-refractivity contribution is -0.0500. The molecule has 0 saturated heterocycles. The molecule has 3 nitrogen and oxygen atoms in total. The Balaban J connectivity index is 1.16. The van der Waals surface area contributed by atoms with Crippen molar-refractivity contribution in [3.8, 4) is 0 Å². The minimum Gasteiger partial charge on any atom is -0.246 e. The molecule has 0 aromatic carbocycles. The highest BCUT2D eigenvalue weighted by molar-refractivity contribution is 8.00. The predicted molar refractivity (Wildman–Crippen MR) is 103 cm³/mol. The van der Waals surface area contributed by atoms with Crippen molar-refractivity contribution in [1.82, 2.24) is 14.8 Å². The lowest BCUT2D eigenvalue weighted by Gasteiger charge is -2.56. The number of nitrogens with zero attached hydrogens (tertiary/aromatic N) is 3. The first-order valence-corrected chi connectivity index (χ1v) is 12.1. The van der Waals surface area contributed by atoms with Crippen LogP contribution in [0.4, 0.5) is 0 Å². The van der Waals surface area contributed by atoms with Crippen LogP contribution in [0.2, 0.25) is 0 Å². The molecule has 0 atom stereocenters. The molecule has 9 rings (SSSR count). The second-order valence-electron chi connectivity index (χ2n) is 11.3. The summed E-state index contributed by atoms with van der Waals surface area (Å²) in [7, 11) is 0. The van der Waals surface area contributed by atoms with E-state index in [2.05, 4.69) is 22.8 Å². The SMILES string of the molecule is c1nc(SC23CC4CC(CC(C4)C2)C3)nn1C12CC3CC(CC(C3)C1)C2. The lowest BCUT2D eigenvalue weighted by atomic mass is 9.53. The van der Waals surface area contributed by atoms with Crippen LogP contribution in [0.15, 0.2) is 11.5 Å². The van der Waals surface area contributed by atoms with Gasteiger partial charge in [0.1, 0.15) is 6.33 Å². The summed E-state index contributed by atoms with van der Waals surface area (Å²) in [6, 6.07) is 0. The van der Waals surface area contributed by atoms with Gasteiger partial charge >= 0.3 is 0 Å². The average Bonchev–Trinajstić information content (AvgIpc) is 3.01. The standard InChI is InChI=1S/C22H31N3S/c1-14-2-16-3-15(1)8-21(7-14,9-16)25-13-23-20(24-25)26-22-10-17-4-18(11-22)6-19(5-17)12-22/h13-19H,1-12H2. The maximum atomic E-state index is 5.14. The van der Waals surface area contributed by atoms with E-state index >= 15 is 0 Å². The second kappa shape index (κ2) is 5.10. The van der Waals surface area contributed by atoms with Crippen molar-refractivity contribution in [3.63, 3.8) is 0 Å². The summed E-state index contributed by atoms with van der Waals surface area (Å²) in [5, 5.41) is 6.24. The summed E-state index contributed by atoms with van der Waals surface area (Å²) in [6.45, 7) is 0. The van der Waals surface area contributed by atoms with Crippen LogP contribution < -0.4 is 0 Å². The topological polar surface area (TPSA) is 30.7 Å². The van der Waals surface area contributed by atoms with Gasteiger partial charge < -0.3 is 0 Å². The first-order valence-electron chi connectivity index (χ1n) is 11.3. The van der Waals surface area contributed by atoms with Crippen molar-refractivity contribution in [2.45, 2.75) is 92.5 Å². The van der Waals surface area contributed by atoms with Crippen LogP contribution in [-0.4, -0.2) is 19.5 Å². The zero-order chi connectivity index (χ0) is 16.9. The van der Waals surface area contributed by atoms with E-state index in [0.29, 0.717) is 10.3 Å². The molecule has 0 unspecified atom stereocenters. The van der Waals surface area contributed by atoms with Crippen molar-refractivity contribution >= 4 is 11.8 Å². The fourth-order valence-corrected chi connectivity index (χ4v) is 10.8. The van der Waals surface area contributed by atoms with E-state index in [9.17, 15) is 0 Å². The van der Waals surface area contributed by atoms with Crippen molar-refractivity contribution in [1.29, 1.82) is 0 Å². The third kappa shape index (κ3) is 2.20. The quantitative estimate of drug-likeness (QED) is 0.728. The number of hydrogen-bond acceptors (Lipinski definition) is 3. The average molecular weight is 370 g/mol. The van der Waals surface area contributed by atoms with Gasteiger partial charge in [0.15, 0.2) is 0 Å². The molecule has 1 aromatic heterocycles. The Hall–Kier alpha value is -0.510. The molecular formula is C22H31N3S.